The molecule has 2 nitrogen and oxygen atoms in total. The average Bonchev–Trinajstić information content (AvgIpc) is 2.19. The van der Waals surface area contributed by atoms with Crippen molar-refractivity contribution in [2.24, 2.45) is 0 Å². The van der Waals surface area contributed by atoms with Gasteiger partial charge in [0.1, 0.15) is 5.69 Å². The summed E-state index contributed by atoms with van der Waals surface area (Å²) < 4.78 is 27.5. The predicted molar refractivity (Wildman–Crippen MR) is 66.1 cm³/mol. The Morgan fingerprint density at radius 3 is 1.88 bits per heavy atom. The summed E-state index contributed by atoms with van der Waals surface area (Å²) in [5.41, 5.74) is 5.63. The van der Waals surface area contributed by atoms with Crippen molar-refractivity contribution in [3.63, 3.8) is 0 Å². The van der Waals surface area contributed by atoms with E-state index in [-0.39, 0.29) is 11.4 Å². The molecule has 1 saturated heterocycles. The van der Waals surface area contributed by atoms with E-state index in [0.29, 0.717) is 0 Å². The number of nitrogens with zero attached hydrogens (tertiary/aromatic N) is 1. The smallest absolute Gasteiger partial charge is 0.151 e. The Hall–Kier alpha value is -1.32. The zero-order chi connectivity index (χ0) is 12.3. The highest BCUT2D eigenvalue weighted by Crippen LogP contribution is 2.27. The van der Waals surface area contributed by atoms with E-state index in [1.54, 1.807) is 0 Å². The molecule has 2 N–H and O–H groups in total. The van der Waals surface area contributed by atoms with Gasteiger partial charge < -0.3 is 10.6 Å². The lowest BCUT2D eigenvalue weighted by atomic mass is 10.1. The van der Waals surface area contributed by atoms with Gasteiger partial charge in [-0.05, 0) is 25.0 Å². The molecule has 1 aromatic carbocycles. The van der Waals surface area contributed by atoms with Crippen molar-refractivity contribution in [3.8, 4) is 0 Å². The fourth-order valence-electron chi connectivity index (χ4n) is 2.36. The molecule has 1 aliphatic heterocycles. The molecule has 0 radical (unpaired) electrons. The van der Waals surface area contributed by atoms with E-state index in [1.807, 2.05) is 4.90 Å². The van der Waals surface area contributed by atoms with Crippen LogP contribution in [0.1, 0.15) is 32.1 Å². The maximum absolute atomic E-state index is 13.8. The highest BCUT2D eigenvalue weighted by Gasteiger charge is 2.18. The predicted octanol–water partition coefficient (Wildman–Crippen LogP) is 3.32. The van der Waals surface area contributed by atoms with Gasteiger partial charge in [-0.15, -0.1) is 0 Å². The van der Waals surface area contributed by atoms with Crippen molar-refractivity contribution in [1.82, 2.24) is 0 Å². The number of hydrogen-bond acceptors (Lipinski definition) is 2. The third-order valence-electron chi connectivity index (χ3n) is 3.21. The minimum Gasteiger partial charge on any atom is -0.399 e. The van der Waals surface area contributed by atoms with Gasteiger partial charge in [0.15, 0.2) is 11.6 Å². The SMILES string of the molecule is Nc1cc(F)c(N2CCCCCCC2)c(F)c1. The van der Waals surface area contributed by atoms with Crippen molar-refractivity contribution < 1.29 is 8.78 Å². The first-order chi connectivity index (χ1) is 8.18. The Morgan fingerprint density at radius 1 is 0.882 bits per heavy atom. The normalized spacial score (nSPS) is 17.6. The molecule has 0 bridgehead atoms. The zero-order valence-electron chi connectivity index (χ0n) is 9.88. The Kier molecular flexibility index (Phi) is 3.82. The van der Waals surface area contributed by atoms with E-state index in [1.165, 1.54) is 18.6 Å². The molecule has 0 saturated carbocycles. The van der Waals surface area contributed by atoms with Crippen LogP contribution >= 0.6 is 0 Å². The molecule has 0 aromatic heterocycles. The number of nitrogen functional groups attached to an aromatic ring is 1. The first-order valence-corrected chi connectivity index (χ1v) is 6.18. The Labute approximate surface area is 100 Å². The van der Waals surface area contributed by atoms with E-state index in [0.717, 1.165) is 38.8 Å². The van der Waals surface area contributed by atoms with Crippen LogP contribution in [0, 0.1) is 11.6 Å². The van der Waals surface area contributed by atoms with Crippen LogP contribution in [0.2, 0.25) is 0 Å². The van der Waals surface area contributed by atoms with Crippen molar-refractivity contribution in [2.75, 3.05) is 23.7 Å². The fraction of sp³-hybridized carbons (Fsp3) is 0.538. The van der Waals surface area contributed by atoms with Gasteiger partial charge in [0.25, 0.3) is 0 Å². The van der Waals surface area contributed by atoms with Crippen LogP contribution in [0.4, 0.5) is 20.2 Å². The summed E-state index contributed by atoms with van der Waals surface area (Å²) in [7, 11) is 0. The average molecular weight is 240 g/mol. The maximum atomic E-state index is 13.8. The summed E-state index contributed by atoms with van der Waals surface area (Å²) >= 11 is 0. The maximum Gasteiger partial charge on any atom is 0.151 e. The third-order valence-corrected chi connectivity index (χ3v) is 3.21. The van der Waals surface area contributed by atoms with Gasteiger partial charge in [-0.1, -0.05) is 19.3 Å². The van der Waals surface area contributed by atoms with Crippen LogP contribution < -0.4 is 10.6 Å². The second-order valence-corrected chi connectivity index (χ2v) is 4.59. The summed E-state index contributed by atoms with van der Waals surface area (Å²) in [5.74, 6) is -1.11. The monoisotopic (exact) mass is 240 g/mol. The molecule has 0 aliphatic carbocycles. The highest BCUT2D eigenvalue weighted by atomic mass is 19.1. The molecule has 1 heterocycles. The lowest BCUT2D eigenvalue weighted by Crippen LogP contribution is -2.28. The summed E-state index contributed by atoms with van der Waals surface area (Å²) in [4.78, 5) is 1.81. The topological polar surface area (TPSA) is 29.3 Å². The fourth-order valence-corrected chi connectivity index (χ4v) is 2.36. The highest BCUT2D eigenvalue weighted by molar-refractivity contribution is 5.55. The lowest BCUT2D eigenvalue weighted by molar-refractivity contribution is 0.527. The van der Waals surface area contributed by atoms with Crippen LogP contribution in [0.25, 0.3) is 0 Å². The van der Waals surface area contributed by atoms with E-state index in [2.05, 4.69) is 0 Å². The molecule has 1 fully saturated rings. The number of benzene rings is 1. The van der Waals surface area contributed by atoms with Gasteiger partial charge in [-0.25, -0.2) is 8.78 Å². The molecule has 0 unspecified atom stereocenters. The van der Waals surface area contributed by atoms with E-state index < -0.39 is 11.6 Å². The first kappa shape index (κ1) is 12.1. The van der Waals surface area contributed by atoms with Crippen LogP contribution in [0.3, 0.4) is 0 Å². The summed E-state index contributed by atoms with van der Waals surface area (Å²) in [6, 6.07) is 2.38. The van der Waals surface area contributed by atoms with Gasteiger partial charge in [0, 0.05) is 18.8 Å². The number of hydrogen-bond donors (Lipinski definition) is 1. The van der Waals surface area contributed by atoms with Gasteiger partial charge >= 0.3 is 0 Å². The number of halogens is 2. The van der Waals surface area contributed by atoms with Gasteiger partial charge in [-0.2, -0.15) is 0 Å². The summed E-state index contributed by atoms with van der Waals surface area (Å²) in [6.07, 6.45) is 5.47. The van der Waals surface area contributed by atoms with Crippen molar-refractivity contribution >= 4 is 11.4 Å². The van der Waals surface area contributed by atoms with Gasteiger partial charge in [0.05, 0.1) is 0 Å². The Balaban J connectivity index is 2.24. The summed E-state index contributed by atoms with van der Waals surface area (Å²) in [6.45, 7) is 1.44. The lowest BCUT2D eigenvalue weighted by Gasteiger charge is -2.27. The molecule has 0 amide bonds. The van der Waals surface area contributed by atoms with E-state index in [4.69, 9.17) is 5.73 Å². The van der Waals surface area contributed by atoms with Gasteiger partial charge in [-0.3, -0.25) is 0 Å². The molecule has 2 rings (SSSR count). The summed E-state index contributed by atoms with van der Waals surface area (Å²) in [5, 5.41) is 0. The number of rotatable bonds is 1. The Morgan fingerprint density at radius 2 is 1.35 bits per heavy atom. The van der Waals surface area contributed by atoms with Crippen LogP contribution in [-0.4, -0.2) is 13.1 Å². The van der Waals surface area contributed by atoms with Crippen LogP contribution in [0.5, 0.6) is 0 Å². The second-order valence-electron chi connectivity index (χ2n) is 4.59. The van der Waals surface area contributed by atoms with Crippen LogP contribution in [-0.2, 0) is 0 Å². The largest absolute Gasteiger partial charge is 0.399 e. The quantitative estimate of drug-likeness (QED) is 0.763. The molecule has 0 spiro atoms. The molecule has 1 aliphatic rings. The van der Waals surface area contributed by atoms with Crippen LogP contribution in [0.15, 0.2) is 12.1 Å². The molecule has 1 aromatic rings. The molecule has 4 heteroatoms. The van der Waals surface area contributed by atoms with E-state index in [9.17, 15) is 8.78 Å². The minimum atomic E-state index is -0.553. The number of anilines is 2. The molecule has 94 valence electrons. The molecular formula is C13H18F2N2. The minimum absolute atomic E-state index is 0.0844. The number of nitrogens with two attached hydrogens (primary N) is 1. The third kappa shape index (κ3) is 2.87. The zero-order valence-corrected chi connectivity index (χ0v) is 9.88. The Bertz CT molecular complexity index is 362. The standard InChI is InChI=1S/C13H18F2N2/c14-11-8-10(16)9-12(15)13(11)17-6-4-2-1-3-5-7-17/h8-9H,1-7,16H2. The van der Waals surface area contributed by atoms with Crippen molar-refractivity contribution in [2.45, 2.75) is 32.1 Å². The molecular weight excluding hydrogens is 222 g/mol. The van der Waals surface area contributed by atoms with Crippen molar-refractivity contribution in [1.29, 1.82) is 0 Å². The first-order valence-electron chi connectivity index (χ1n) is 6.18. The van der Waals surface area contributed by atoms with E-state index >= 15 is 0 Å². The molecule has 0 atom stereocenters. The van der Waals surface area contributed by atoms with Gasteiger partial charge in [0.2, 0.25) is 0 Å². The second kappa shape index (κ2) is 5.34. The van der Waals surface area contributed by atoms with Crippen molar-refractivity contribution in [3.05, 3.63) is 23.8 Å². The molecule has 17 heavy (non-hydrogen) atoms.